The Morgan fingerprint density at radius 1 is 1.43 bits per heavy atom. The van der Waals surface area contributed by atoms with Gasteiger partial charge in [0, 0.05) is 30.7 Å². The summed E-state index contributed by atoms with van der Waals surface area (Å²) in [4.78, 5) is 16.8. The molecule has 1 aromatic rings. The van der Waals surface area contributed by atoms with Crippen LogP contribution in [0.3, 0.4) is 0 Å². The van der Waals surface area contributed by atoms with Gasteiger partial charge < -0.3 is 10.2 Å². The van der Waals surface area contributed by atoms with Gasteiger partial charge in [-0.05, 0) is 32.5 Å². The van der Waals surface area contributed by atoms with Gasteiger partial charge in [0.2, 0.25) is 5.91 Å². The lowest BCUT2D eigenvalue weighted by Gasteiger charge is -2.37. The maximum absolute atomic E-state index is 12.2. The molecule has 1 aliphatic heterocycles. The molecule has 0 bridgehead atoms. The molecule has 1 aliphatic rings. The molecule has 1 aromatic carbocycles. The van der Waals surface area contributed by atoms with Gasteiger partial charge in [0.15, 0.2) is 0 Å². The number of benzene rings is 1. The number of carbonyl (C=O) groups is 1. The van der Waals surface area contributed by atoms with E-state index in [4.69, 9.17) is 11.6 Å². The van der Waals surface area contributed by atoms with Crippen molar-refractivity contribution >= 4 is 17.5 Å². The molecule has 4 nitrogen and oxygen atoms in total. The van der Waals surface area contributed by atoms with Gasteiger partial charge in [0.1, 0.15) is 0 Å². The maximum atomic E-state index is 12.2. The standard InChI is InChI=1S/C16H24ClN3O/c1-12-10-19(3)8-9-20(12)11-16(21)18-13(2)14-6-4-5-7-15(14)17/h4-7,12-13H,8-11H2,1-3H3,(H,18,21). The second-order valence-electron chi connectivity index (χ2n) is 5.89. The molecule has 116 valence electrons. The summed E-state index contributed by atoms with van der Waals surface area (Å²) >= 11 is 6.17. The molecule has 0 spiro atoms. The zero-order valence-corrected chi connectivity index (χ0v) is 13.7. The zero-order chi connectivity index (χ0) is 15.4. The van der Waals surface area contributed by atoms with Gasteiger partial charge in [-0.1, -0.05) is 29.8 Å². The first-order valence-corrected chi connectivity index (χ1v) is 7.81. The van der Waals surface area contributed by atoms with Gasteiger partial charge >= 0.3 is 0 Å². The smallest absolute Gasteiger partial charge is 0.234 e. The lowest BCUT2D eigenvalue weighted by atomic mass is 10.1. The largest absolute Gasteiger partial charge is 0.348 e. The van der Waals surface area contributed by atoms with Crippen molar-refractivity contribution in [1.82, 2.24) is 15.1 Å². The summed E-state index contributed by atoms with van der Waals surface area (Å²) in [6, 6.07) is 7.96. The fourth-order valence-corrected chi connectivity index (χ4v) is 3.09. The van der Waals surface area contributed by atoms with E-state index in [9.17, 15) is 4.79 Å². The number of halogens is 1. The molecule has 2 unspecified atom stereocenters. The summed E-state index contributed by atoms with van der Waals surface area (Å²) in [6.45, 7) is 7.54. The molecule has 2 rings (SSSR count). The van der Waals surface area contributed by atoms with Crippen LogP contribution in [0.15, 0.2) is 24.3 Å². The van der Waals surface area contributed by atoms with E-state index in [2.05, 4.69) is 29.1 Å². The minimum absolute atomic E-state index is 0.0545. The lowest BCUT2D eigenvalue weighted by molar-refractivity contribution is -0.124. The number of nitrogens with one attached hydrogen (secondary N) is 1. The third kappa shape index (κ3) is 4.43. The Balaban J connectivity index is 1.88. The predicted molar refractivity (Wildman–Crippen MR) is 86.5 cm³/mol. The molecule has 1 saturated heterocycles. The number of hydrogen-bond donors (Lipinski definition) is 1. The molecular weight excluding hydrogens is 286 g/mol. The van der Waals surface area contributed by atoms with Crippen molar-refractivity contribution in [2.24, 2.45) is 0 Å². The van der Waals surface area contributed by atoms with E-state index in [1.54, 1.807) is 0 Å². The molecule has 1 heterocycles. The van der Waals surface area contributed by atoms with Crippen molar-refractivity contribution in [2.45, 2.75) is 25.9 Å². The molecule has 1 N–H and O–H groups in total. The fraction of sp³-hybridized carbons (Fsp3) is 0.562. The first kappa shape index (κ1) is 16.3. The Kier molecular flexibility index (Phi) is 5.62. The number of rotatable bonds is 4. The average Bonchev–Trinajstić information content (AvgIpc) is 2.42. The van der Waals surface area contributed by atoms with Gasteiger partial charge in [-0.25, -0.2) is 0 Å². The van der Waals surface area contributed by atoms with Crippen molar-refractivity contribution in [2.75, 3.05) is 33.2 Å². The van der Waals surface area contributed by atoms with Crippen molar-refractivity contribution in [3.05, 3.63) is 34.9 Å². The van der Waals surface area contributed by atoms with Crippen LogP contribution in [-0.2, 0) is 4.79 Å². The number of amides is 1. The molecule has 2 atom stereocenters. The summed E-state index contributed by atoms with van der Waals surface area (Å²) in [7, 11) is 2.12. The van der Waals surface area contributed by atoms with Gasteiger partial charge in [0.05, 0.1) is 12.6 Å². The third-order valence-corrected chi connectivity index (χ3v) is 4.41. The molecule has 1 amide bonds. The first-order valence-electron chi connectivity index (χ1n) is 7.43. The van der Waals surface area contributed by atoms with Crippen molar-refractivity contribution in [3.8, 4) is 0 Å². The highest BCUT2D eigenvalue weighted by molar-refractivity contribution is 6.31. The van der Waals surface area contributed by atoms with Crippen LogP contribution in [0.5, 0.6) is 0 Å². The first-order chi connectivity index (χ1) is 9.97. The van der Waals surface area contributed by atoms with Crippen LogP contribution in [0.1, 0.15) is 25.5 Å². The Morgan fingerprint density at radius 3 is 2.81 bits per heavy atom. The van der Waals surface area contributed by atoms with E-state index in [-0.39, 0.29) is 11.9 Å². The molecule has 21 heavy (non-hydrogen) atoms. The van der Waals surface area contributed by atoms with Crippen LogP contribution in [0.25, 0.3) is 0 Å². The average molecular weight is 310 g/mol. The summed E-state index contributed by atoms with van der Waals surface area (Å²) in [6.07, 6.45) is 0. The Labute approximate surface area is 132 Å². The van der Waals surface area contributed by atoms with Gasteiger partial charge in [-0.2, -0.15) is 0 Å². The van der Waals surface area contributed by atoms with E-state index >= 15 is 0 Å². The van der Waals surface area contributed by atoms with E-state index < -0.39 is 0 Å². The van der Waals surface area contributed by atoms with Crippen LogP contribution >= 0.6 is 11.6 Å². The van der Waals surface area contributed by atoms with Gasteiger partial charge in [-0.3, -0.25) is 9.69 Å². The molecule has 0 saturated carbocycles. The van der Waals surface area contributed by atoms with Gasteiger partial charge in [-0.15, -0.1) is 0 Å². The summed E-state index contributed by atoms with van der Waals surface area (Å²) in [5.74, 6) is 0.0545. The second kappa shape index (κ2) is 7.25. The molecule has 1 fully saturated rings. The van der Waals surface area contributed by atoms with Crippen LogP contribution < -0.4 is 5.32 Å². The quantitative estimate of drug-likeness (QED) is 0.926. The van der Waals surface area contributed by atoms with E-state index in [0.717, 1.165) is 25.2 Å². The Morgan fingerprint density at radius 2 is 2.14 bits per heavy atom. The van der Waals surface area contributed by atoms with Crippen molar-refractivity contribution in [1.29, 1.82) is 0 Å². The summed E-state index contributed by atoms with van der Waals surface area (Å²) in [5, 5.41) is 3.73. The van der Waals surface area contributed by atoms with Crippen LogP contribution in [0, 0.1) is 0 Å². The second-order valence-corrected chi connectivity index (χ2v) is 6.30. The Bertz CT molecular complexity index is 494. The number of nitrogens with zero attached hydrogens (tertiary/aromatic N) is 2. The number of piperazine rings is 1. The highest BCUT2D eigenvalue weighted by Crippen LogP contribution is 2.22. The minimum atomic E-state index is -0.0750. The van der Waals surface area contributed by atoms with E-state index in [1.165, 1.54) is 0 Å². The van der Waals surface area contributed by atoms with Crippen LogP contribution in [-0.4, -0.2) is 55.0 Å². The van der Waals surface area contributed by atoms with Gasteiger partial charge in [0.25, 0.3) is 0 Å². The number of carbonyl (C=O) groups excluding carboxylic acids is 1. The molecule has 5 heteroatoms. The van der Waals surface area contributed by atoms with E-state index in [0.29, 0.717) is 17.6 Å². The normalized spacial score (nSPS) is 22.0. The highest BCUT2D eigenvalue weighted by Gasteiger charge is 2.23. The molecule has 0 aromatic heterocycles. The third-order valence-electron chi connectivity index (χ3n) is 4.06. The lowest BCUT2D eigenvalue weighted by Crippen LogP contribution is -2.53. The van der Waals surface area contributed by atoms with Crippen LogP contribution in [0.4, 0.5) is 0 Å². The Hall–Kier alpha value is -1.10. The maximum Gasteiger partial charge on any atom is 0.234 e. The summed E-state index contributed by atoms with van der Waals surface area (Å²) in [5.41, 5.74) is 0.957. The molecule has 0 aliphatic carbocycles. The fourth-order valence-electron chi connectivity index (χ4n) is 2.79. The summed E-state index contributed by atoms with van der Waals surface area (Å²) < 4.78 is 0. The van der Waals surface area contributed by atoms with Crippen molar-refractivity contribution < 1.29 is 4.79 Å². The molecular formula is C16H24ClN3O. The molecule has 0 radical (unpaired) electrons. The van der Waals surface area contributed by atoms with Crippen LogP contribution in [0.2, 0.25) is 5.02 Å². The monoisotopic (exact) mass is 309 g/mol. The number of likely N-dealkylation sites (N-methyl/N-ethyl adjacent to an activating group) is 1. The minimum Gasteiger partial charge on any atom is -0.348 e. The highest BCUT2D eigenvalue weighted by atomic mass is 35.5. The zero-order valence-electron chi connectivity index (χ0n) is 13.0. The number of hydrogen-bond acceptors (Lipinski definition) is 3. The topological polar surface area (TPSA) is 35.6 Å². The van der Waals surface area contributed by atoms with Crippen molar-refractivity contribution in [3.63, 3.8) is 0 Å². The van der Waals surface area contributed by atoms with E-state index in [1.807, 2.05) is 31.2 Å². The predicted octanol–water partition coefficient (Wildman–Crippen LogP) is 2.15. The SMILES string of the molecule is CC(NC(=O)CN1CCN(C)CC1C)c1ccccc1Cl.